The molecule has 2 rings (SSSR count). The van der Waals surface area contributed by atoms with Crippen molar-refractivity contribution in [3.63, 3.8) is 0 Å². The molecule has 0 aliphatic heterocycles. The molecule has 0 unspecified atom stereocenters. The lowest BCUT2D eigenvalue weighted by Crippen LogP contribution is -2.02. The van der Waals surface area contributed by atoms with Crippen molar-refractivity contribution in [2.45, 2.75) is 4.90 Å². The van der Waals surface area contributed by atoms with E-state index in [0.29, 0.717) is 11.3 Å². The monoisotopic (exact) mass is 231 g/mol. The topological polar surface area (TPSA) is 23.9 Å². The number of thiol groups is 1. The van der Waals surface area contributed by atoms with E-state index < -0.39 is 0 Å². The lowest BCUT2D eigenvalue weighted by molar-refractivity contribution is 0.628. The highest BCUT2D eigenvalue weighted by atomic mass is 32.1. The predicted molar refractivity (Wildman–Crippen MR) is 66.0 cm³/mol. The first-order chi connectivity index (χ1) is 7.68. The Hall–Kier alpha value is -1.61. The third-order valence-corrected chi connectivity index (χ3v) is 2.70. The molecule has 0 spiro atoms. The van der Waals surface area contributed by atoms with Gasteiger partial charge in [-0.05, 0) is 30.3 Å². The number of benzene rings is 2. The Morgan fingerprint density at radius 1 is 1.00 bits per heavy atom. The van der Waals surface area contributed by atoms with Crippen LogP contribution >= 0.6 is 12.6 Å². The van der Waals surface area contributed by atoms with E-state index in [0.717, 1.165) is 10.5 Å². The molecule has 3 heteroatoms. The van der Waals surface area contributed by atoms with Crippen LogP contribution in [0.1, 0.15) is 11.1 Å². The van der Waals surface area contributed by atoms with Crippen LogP contribution < -0.4 is 0 Å². The summed E-state index contributed by atoms with van der Waals surface area (Å²) >= 11 is 4.29. The molecular weight excluding hydrogens is 221 g/mol. The second kappa shape index (κ2) is 4.49. The van der Waals surface area contributed by atoms with Gasteiger partial charge in [0.15, 0.2) is 0 Å². The zero-order valence-electron chi connectivity index (χ0n) is 8.44. The highest BCUT2D eigenvalue weighted by Crippen LogP contribution is 2.17. The molecule has 0 aromatic heterocycles. The summed E-state index contributed by atoms with van der Waals surface area (Å²) in [6.45, 7) is 0. The fourth-order valence-electron chi connectivity index (χ4n) is 1.46. The van der Waals surface area contributed by atoms with E-state index in [1.54, 1.807) is 12.1 Å². The van der Waals surface area contributed by atoms with Gasteiger partial charge >= 0.3 is 0 Å². The van der Waals surface area contributed by atoms with Gasteiger partial charge < -0.3 is 0 Å². The number of nitrogens with one attached hydrogen (secondary N) is 1. The van der Waals surface area contributed by atoms with Gasteiger partial charge in [-0.15, -0.1) is 12.6 Å². The molecule has 2 aromatic rings. The smallest absolute Gasteiger partial charge is 0.123 e. The van der Waals surface area contributed by atoms with Crippen LogP contribution in [0.5, 0.6) is 0 Å². The van der Waals surface area contributed by atoms with Crippen LogP contribution in [-0.4, -0.2) is 5.71 Å². The molecule has 0 bridgehead atoms. The minimum atomic E-state index is -0.296. The number of halogens is 1. The second-order valence-corrected chi connectivity index (χ2v) is 3.88. The molecule has 80 valence electrons. The van der Waals surface area contributed by atoms with Crippen LogP contribution in [0.3, 0.4) is 0 Å². The molecule has 0 atom stereocenters. The molecule has 0 fully saturated rings. The summed E-state index contributed by atoms with van der Waals surface area (Å²) in [7, 11) is 0. The number of hydrogen-bond donors (Lipinski definition) is 2. The first-order valence-corrected chi connectivity index (χ1v) is 5.26. The summed E-state index contributed by atoms with van der Waals surface area (Å²) in [4.78, 5) is 0.747. The minimum Gasteiger partial charge on any atom is -0.300 e. The number of rotatable bonds is 2. The van der Waals surface area contributed by atoms with Gasteiger partial charge in [-0.1, -0.05) is 18.2 Å². The lowest BCUT2D eigenvalue weighted by atomic mass is 10.0. The maximum atomic E-state index is 12.7. The van der Waals surface area contributed by atoms with Crippen molar-refractivity contribution < 1.29 is 4.39 Å². The zero-order valence-corrected chi connectivity index (χ0v) is 9.34. The van der Waals surface area contributed by atoms with Crippen LogP contribution in [-0.2, 0) is 0 Å². The Kier molecular flexibility index (Phi) is 3.06. The molecule has 0 aliphatic rings. The van der Waals surface area contributed by atoms with Gasteiger partial charge in [0.1, 0.15) is 5.82 Å². The molecule has 0 radical (unpaired) electrons. The quantitative estimate of drug-likeness (QED) is 0.583. The summed E-state index contributed by atoms with van der Waals surface area (Å²) in [5, 5.41) is 8.01. The third kappa shape index (κ3) is 2.14. The molecular formula is C13H10FNS. The van der Waals surface area contributed by atoms with Crippen molar-refractivity contribution in [3.05, 3.63) is 65.5 Å². The standard InChI is InChI=1S/C13H10FNS/c14-10-7-5-9(6-8-10)13(15)11-3-1-2-4-12(11)16/h1-8,15-16H. The average molecular weight is 231 g/mol. The molecule has 1 N–H and O–H groups in total. The summed E-state index contributed by atoms with van der Waals surface area (Å²) < 4.78 is 12.7. The molecule has 0 saturated heterocycles. The Balaban J connectivity index is 2.40. The van der Waals surface area contributed by atoms with Gasteiger partial charge in [0.25, 0.3) is 0 Å². The van der Waals surface area contributed by atoms with E-state index in [4.69, 9.17) is 5.41 Å². The van der Waals surface area contributed by atoms with Crippen LogP contribution in [0.4, 0.5) is 4.39 Å². The summed E-state index contributed by atoms with van der Waals surface area (Å²) in [5.74, 6) is -0.296. The molecule has 0 aliphatic carbocycles. The first kappa shape index (κ1) is 10.9. The first-order valence-electron chi connectivity index (χ1n) is 4.81. The SMILES string of the molecule is N=C(c1ccc(F)cc1)c1ccccc1S. The van der Waals surface area contributed by atoms with Crippen LogP contribution in [0, 0.1) is 11.2 Å². The van der Waals surface area contributed by atoms with E-state index in [1.807, 2.05) is 24.3 Å². The lowest BCUT2D eigenvalue weighted by Gasteiger charge is -2.06. The van der Waals surface area contributed by atoms with Gasteiger partial charge in [0, 0.05) is 16.0 Å². The van der Waals surface area contributed by atoms with Crippen molar-refractivity contribution >= 4 is 18.3 Å². The molecule has 1 nitrogen and oxygen atoms in total. The zero-order chi connectivity index (χ0) is 11.5. The Morgan fingerprint density at radius 2 is 1.62 bits per heavy atom. The van der Waals surface area contributed by atoms with E-state index >= 15 is 0 Å². The molecule has 0 amide bonds. The van der Waals surface area contributed by atoms with Crippen molar-refractivity contribution in [2.24, 2.45) is 0 Å². The van der Waals surface area contributed by atoms with Crippen molar-refractivity contribution in [2.75, 3.05) is 0 Å². The Morgan fingerprint density at radius 3 is 2.25 bits per heavy atom. The van der Waals surface area contributed by atoms with Gasteiger partial charge in [0.05, 0.1) is 5.71 Å². The summed E-state index contributed by atoms with van der Waals surface area (Å²) in [6, 6.07) is 13.3. The number of hydrogen-bond acceptors (Lipinski definition) is 2. The van der Waals surface area contributed by atoms with Gasteiger partial charge in [-0.3, -0.25) is 5.41 Å². The fraction of sp³-hybridized carbons (Fsp3) is 0. The Labute approximate surface area is 98.9 Å². The molecule has 0 heterocycles. The Bertz CT molecular complexity index is 520. The van der Waals surface area contributed by atoms with E-state index in [1.165, 1.54) is 12.1 Å². The van der Waals surface area contributed by atoms with Gasteiger partial charge in [-0.2, -0.15) is 0 Å². The van der Waals surface area contributed by atoms with Crippen molar-refractivity contribution in [3.8, 4) is 0 Å². The molecule has 2 aromatic carbocycles. The van der Waals surface area contributed by atoms with E-state index in [9.17, 15) is 4.39 Å². The van der Waals surface area contributed by atoms with Crippen LogP contribution in [0.2, 0.25) is 0 Å². The van der Waals surface area contributed by atoms with Gasteiger partial charge in [-0.25, -0.2) is 4.39 Å². The van der Waals surface area contributed by atoms with Crippen molar-refractivity contribution in [1.29, 1.82) is 5.41 Å². The summed E-state index contributed by atoms with van der Waals surface area (Å²) in [6.07, 6.45) is 0. The second-order valence-electron chi connectivity index (χ2n) is 3.40. The largest absolute Gasteiger partial charge is 0.300 e. The maximum absolute atomic E-state index is 12.7. The average Bonchev–Trinajstić information content (AvgIpc) is 2.30. The van der Waals surface area contributed by atoms with Crippen LogP contribution in [0.15, 0.2) is 53.4 Å². The summed E-state index contributed by atoms with van der Waals surface area (Å²) in [5.41, 5.74) is 1.78. The highest BCUT2D eigenvalue weighted by molar-refractivity contribution is 7.80. The van der Waals surface area contributed by atoms with Crippen LogP contribution in [0.25, 0.3) is 0 Å². The van der Waals surface area contributed by atoms with E-state index in [-0.39, 0.29) is 5.82 Å². The normalized spacial score (nSPS) is 10.1. The minimum absolute atomic E-state index is 0.296. The highest BCUT2D eigenvalue weighted by Gasteiger charge is 2.07. The third-order valence-electron chi connectivity index (χ3n) is 2.31. The molecule has 16 heavy (non-hydrogen) atoms. The molecule has 0 saturated carbocycles. The van der Waals surface area contributed by atoms with E-state index in [2.05, 4.69) is 12.6 Å². The van der Waals surface area contributed by atoms with Crippen molar-refractivity contribution in [1.82, 2.24) is 0 Å². The predicted octanol–water partition coefficient (Wildman–Crippen LogP) is 3.53. The van der Waals surface area contributed by atoms with Gasteiger partial charge in [0.2, 0.25) is 0 Å². The fourth-order valence-corrected chi connectivity index (χ4v) is 1.73. The maximum Gasteiger partial charge on any atom is 0.123 e.